The first-order valence-electron chi connectivity index (χ1n) is 6.66. The summed E-state index contributed by atoms with van der Waals surface area (Å²) >= 11 is 0. The number of hydrogen-bond donors (Lipinski definition) is 3. The Balaban J connectivity index is 1.87. The second kappa shape index (κ2) is 5.65. The molecule has 0 aliphatic rings. The summed E-state index contributed by atoms with van der Waals surface area (Å²) in [5.74, 6) is -0.966. The number of nitrogens with one attached hydrogen (secondary N) is 1. The zero-order valence-corrected chi connectivity index (χ0v) is 11.6. The van der Waals surface area contributed by atoms with E-state index in [1.807, 2.05) is 24.3 Å². The maximum absolute atomic E-state index is 11.0. The Hall–Kier alpha value is -3.21. The molecule has 0 unspecified atom stereocenters. The lowest BCUT2D eigenvalue weighted by Crippen LogP contribution is -1.99. The molecular formula is C17H14N2O3. The highest BCUT2D eigenvalue weighted by atomic mass is 16.4. The van der Waals surface area contributed by atoms with Gasteiger partial charge in [0.15, 0.2) is 0 Å². The number of nitrogens with two attached hydrogens (primary N) is 1. The number of furan rings is 1. The maximum atomic E-state index is 11.0. The number of hydrogen-bond acceptors (Lipinski definition) is 4. The molecule has 0 radical (unpaired) electrons. The van der Waals surface area contributed by atoms with Gasteiger partial charge in [-0.3, -0.25) is 0 Å². The number of anilines is 3. The van der Waals surface area contributed by atoms with Gasteiger partial charge in [0.05, 0.1) is 29.5 Å². The summed E-state index contributed by atoms with van der Waals surface area (Å²) in [6.07, 6.45) is 3.26. The van der Waals surface area contributed by atoms with Crippen LogP contribution in [0, 0.1) is 0 Å². The highest BCUT2D eigenvalue weighted by Gasteiger charge is 2.06. The number of carboxylic acids is 1. The fraction of sp³-hybridized carbons (Fsp3) is 0. The van der Waals surface area contributed by atoms with Gasteiger partial charge >= 0.3 is 5.97 Å². The van der Waals surface area contributed by atoms with Crippen molar-refractivity contribution in [3.63, 3.8) is 0 Å². The van der Waals surface area contributed by atoms with E-state index < -0.39 is 5.97 Å². The molecule has 4 N–H and O–H groups in total. The number of rotatable bonds is 4. The average molecular weight is 294 g/mol. The lowest BCUT2D eigenvalue weighted by atomic mass is 10.1. The fourth-order valence-corrected chi connectivity index (χ4v) is 2.17. The Morgan fingerprint density at radius 1 is 1.09 bits per heavy atom. The average Bonchev–Trinajstić information content (AvgIpc) is 3.04. The quantitative estimate of drug-likeness (QED) is 0.633. The third-order valence-electron chi connectivity index (χ3n) is 3.29. The molecule has 0 amide bonds. The molecule has 0 saturated carbocycles. The standard InChI is InChI=1S/C17H14N2O3/c18-15-9-11(13-6-7-22-10-13)4-5-16(15)19-14-3-1-2-12(8-14)17(20)21/h1-10,19H,18H2,(H,20,21). The van der Waals surface area contributed by atoms with Crippen LogP contribution in [0.25, 0.3) is 11.1 Å². The normalized spacial score (nSPS) is 10.4. The first kappa shape index (κ1) is 13.8. The summed E-state index contributed by atoms with van der Waals surface area (Å²) in [6, 6.07) is 14.0. The first-order chi connectivity index (χ1) is 10.6. The summed E-state index contributed by atoms with van der Waals surface area (Å²) < 4.78 is 5.06. The van der Waals surface area contributed by atoms with Crippen LogP contribution in [0.3, 0.4) is 0 Å². The van der Waals surface area contributed by atoms with Crippen LogP contribution in [-0.2, 0) is 0 Å². The Bertz CT molecular complexity index is 811. The van der Waals surface area contributed by atoms with Crippen LogP contribution >= 0.6 is 0 Å². The number of nitrogen functional groups attached to an aromatic ring is 1. The van der Waals surface area contributed by atoms with E-state index in [-0.39, 0.29) is 5.56 Å². The van der Waals surface area contributed by atoms with Crippen LogP contribution < -0.4 is 11.1 Å². The van der Waals surface area contributed by atoms with Crippen molar-refractivity contribution in [2.45, 2.75) is 0 Å². The van der Waals surface area contributed by atoms with Gasteiger partial charge in [0.1, 0.15) is 0 Å². The molecule has 1 heterocycles. The Labute approximate surface area is 127 Å². The predicted octanol–water partition coefficient (Wildman–Crippen LogP) is 3.97. The van der Waals surface area contributed by atoms with E-state index in [4.69, 9.17) is 15.3 Å². The lowest BCUT2D eigenvalue weighted by Gasteiger charge is -2.11. The smallest absolute Gasteiger partial charge is 0.335 e. The van der Waals surface area contributed by atoms with Crippen molar-refractivity contribution < 1.29 is 14.3 Å². The highest BCUT2D eigenvalue weighted by molar-refractivity contribution is 5.89. The summed E-state index contributed by atoms with van der Waals surface area (Å²) in [7, 11) is 0. The number of carboxylic acid groups (broad SMARTS) is 1. The van der Waals surface area contributed by atoms with Crippen molar-refractivity contribution in [1.29, 1.82) is 0 Å². The monoisotopic (exact) mass is 294 g/mol. The van der Waals surface area contributed by atoms with Crippen LogP contribution in [-0.4, -0.2) is 11.1 Å². The molecule has 0 bridgehead atoms. The van der Waals surface area contributed by atoms with Gasteiger partial charge in [-0.1, -0.05) is 12.1 Å². The molecule has 3 aromatic rings. The van der Waals surface area contributed by atoms with E-state index in [0.717, 1.165) is 16.8 Å². The van der Waals surface area contributed by atoms with Gasteiger partial charge < -0.3 is 20.6 Å². The molecule has 5 heteroatoms. The zero-order chi connectivity index (χ0) is 15.5. The van der Waals surface area contributed by atoms with Gasteiger partial charge in [0.25, 0.3) is 0 Å². The topological polar surface area (TPSA) is 88.5 Å². The third-order valence-corrected chi connectivity index (χ3v) is 3.29. The number of benzene rings is 2. The maximum Gasteiger partial charge on any atom is 0.335 e. The van der Waals surface area contributed by atoms with Crippen LogP contribution in [0.1, 0.15) is 10.4 Å². The van der Waals surface area contributed by atoms with E-state index in [9.17, 15) is 4.79 Å². The van der Waals surface area contributed by atoms with Gasteiger partial charge in [-0.2, -0.15) is 0 Å². The van der Waals surface area contributed by atoms with E-state index in [1.54, 1.807) is 36.8 Å². The third kappa shape index (κ3) is 2.78. The molecule has 0 saturated heterocycles. The molecule has 0 aliphatic carbocycles. The lowest BCUT2D eigenvalue weighted by molar-refractivity contribution is 0.0697. The second-order valence-corrected chi connectivity index (χ2v) is 4.83. The SMILES string of the molecule is Nc1cc(-c2ccoc2)ccc1Nc1cccc(C(=O)O)c1. The van der Waals surface area contributed by atoms with Gasteiger partial charge in [-0.25, -0.2) is 4.79 Å². The molecule has 0 spiro atoms. The summed E-state index contributed by atoms with van der Waals surface area (Å²) in [5, 5.41) is 12.1. The molecule has 110 valence electrons. The molecule has 2 aromatic carbocycles. The molecule has 5 nitrogen and oxygen atoms in total. The summed E-state index contributed by atoms with van der Waals surface area (Å²) in [4.78, 5) is 11.0. The minimum Gasteiger partial charge on any atom is -0.478 e. The molecule has 22 heavy (non-hydrogen) atoms. The molecular weight excluding hydrogens is 280 g/mol. The van der Waals surface area contributed by atoms with Gasteiger partial charge in [-0.15, -0.1) is 0 Å². The fourth-order valence-electron chi connectivity index (χ4n) is 2.17. The minimum absolute atomic E-state index is 0.221. The Kier molecular flexibility index (Phi) is 3.53. The number of carbonyl (C=O) groups is 1. The van der Waals surface area contributed by atoms with Crippen LogP contribution in [0.2, 0.25) is 0 Å². The Morgan fingerprint density at radius 3 is 2.64 bits per heavy atom. The highest BCUT2D eigenvalue weighted by Crippen LogP contribution is 2.29. The van der Waals surface area contributed by atoms with Crippen molar-refractivity contribution in [3.05, 3.63) is 66.6 Å². The van der Waals surface area contributed by atoms with Crippen LogP contribution in [0.15, 0.2) is 65.5 Å². The largest absolute Gasteiger partial charge is 0.478 e. The van der Waals surface area contributed by atoms with E-state index in [0.29, 0.717) is 11.4 Å². The van der Waals surface area contributed by atoms with Gasteiger partial charge in [0.2, 0.25) is 0 Å². The Morgan fingerprint density at radius 2 is 1.95 bits per heavy atom. The van der Waals surface area contributed by atoms with Crippen molar-refractivity contribution in [3.8, 4) is 11.1 Å². The van der Waals surface area contributed by atoms with E-state index in [2.05, 4.69) is 5.32 Å². The molecule has 0 aliphatic heterocycles. The van der Waals surface area contributed by atoms with E-state index >= 15 is 0 Å². The second-order valence-electron chi connectivity index (χ2n) is 4.83. The van der Waals surface area contributed by atoms with Crippen molar-refractivity contribution in [2.24, 2.45) is 0 Å². The zero-order valence-electron chi connectivity index (χ0n) is 11.6. The van der Waals surface area contributed by atoms with Crippen molar-refractivity contribution >= 4 is 23.0 Å². The van der Waals surface area contributed by atoms with Crippen molar-refractivity contribution in [1.82, 2.24) is 0 Å². The molecule has 0 atom stereocenters. The van der Waals surface area contributed by atoms with Crippen LogP contribution in [0.5, 0.6) is 0 Å². The van der Waals surface area contributed by atoms with E-state index in [1.165, 1.54) is 0 Å². The summed E-state index contributed by atoms with van der Waals surface area (Å²) in [6.45, 7) is 0. The van der Waals surface area contributed by atoms with Crippen molar-refractivity contribution in [2.75, 3.05) is 11.1 Å². The van der Waals surface area contributed by atoms with Crippen LogP contribution in [0.4, 0.5) is 17.1 Å². The first-order valence-corrected chi connectivity index (χ1v) is 6.66. The molecule has 3 rings (SSSR count). The molecule has 1 aromatic heterocycles. The van der Waals surface area contributed by atoms with Gasteiger partial charge in [0, 0.05) is 11.3 Å². The molecule has 0 fully saturated rings. The summed E-state index contributed by atoms with van der Waals surface area (Å²) in [5.41, 5.74) is 10.1. The van der Waals surface area contributed by atoms with Gasteiger partial charge in [-0.05, 0) is 42.0 Å². The minimum atomic E-state index is -0.966. The number of aromatic carboxylic acids is 1. The predicted molar refractivity (Wildman–Crippen MR) is 85.2 cm³/mol.